The van der Waals surface area contributed by atoms with Gasteiger partial charge in [0.25, 0.3) is 6.08 Å². The van der Waals surface area contributed by atoms with E-state index in [2.05, 4.69) is 10.4 Å². The monoisotopic (exact) mass is 261 g/mol. The maximum Gasteiger partial charge on any atom is 0.332 e. The zero-order valence-electron chi connectivity index (χ0n) is 10.4. The third kappa shape index (κ3) is 3.64. The Kier molecular flexibility index (Phi) is 4.66. The van der Waals surface area contributed by atoms with Crippen LogP contribution in [0.4, 0.5) is 0 Å². The van der Waals surface area contributed by atoms with Gasteiger partial charge in [-0.3, -0.25) is 5.01 Å². The van der Waals surface area contributed by atoms with Gasteiger partial charge in [-0.15, -0.1) is 0 Å². The molecule has 1 fully saturated rings. The standard InChI is InChI=1S/C13H15N3O3/c17-10-15-16-7-6-14-8-12(16)13(18)19-9-11-4-2-1-3-5-11/h1-5,12,14H,6-9H2. The van der Waals surface area contributed by atoms with E-state index in [-0.39, 0.29) is 6.61 Å². The molecule has 100 valence electrons. The molecular formula is C13H15N3O3. The number of hydrogen-bond donors (Lipinski definition) is 1. The molecule has 2 rings (SSSR count). The van der Waals surface area contributed by atoms with Crippen LogP contribution < -0.4 is 5.32 Å². The number of nitrogens with one attached hydrogen (secondary N) is 1. The summed E-state index contributed by atoms with van der Waals surface area (Å²) in [6.45, 7) is 1.79. The first-order chi connectivity index (χ1) is 9.31. The minimum Gasteiger partial charge on any atom is -0.459 e. The highest BCUT2D eigenvalue weighted by atomic mass is 16.5. The predicted octanol–water partition coefficient (Wildman–Crippen LogP) is 0.254. The fraction of sp³-hybridized carbons (Fsp3) is 0.385. The summed E-state index contributed by atoms with van der Waals surface area (Å²) < 4.78 is 5.23. The number of ether oxygens (including phenoxy) is 1. The van der Waals surface area contributed by atoms with Crippen molar-refractivity contribution in [2.24, 2.45) is 5.10 Å². The second kappa shape index (κ2) is 6.68. The number of isocyanates is 1. The van der Waals surface area contributed by atoms with Crippen molar-refractivity contribution in [3.8, 4) is 0 Å². The molecule has 1 N–H and O–H groups in total. The highest BCUT2D eigenvalue weighted by Crippen LogP contribution is 2.08. The normalized spacial score (nSPS) is 18.5. The van der Waals surface area contributed by atoms with Crippen LogP contribution in [0.3, 0.4) is 0 Å². The molecule has 19 heavy (non-hydrogen) atoms. The lowest BCUT2D eigenvalue weighted by Crippen LogP contribution is -2.53. The highest BCUT2D eigenvalue weighted by molar-refractivity contribution is 5.76. The molecule has 0 amide bonds. The van der Waals surface area contributed by atoms with Crippen molar-refractivity contribution in [1.82, 2.24) is 10.3 Å². The van der Waals surface area contributed by atoms with Crippen molar-refractivity contribution in [3.63, 3.8) is 0 Å². The molecule has 0 saturated carbocycles. The van der Waals surface area contributed by atoms with Gasteiger partial charge in [0, 0.05) is 13.1 Å². The summed E-state index contributed by atoms with van der Waals surface area (Å²) in [7, 11) is 0. The van der Waals surface area contributed by atoms with Crippen molar-refractivity contribution in [3.05, 3.63) is 35.9 Å². The molecule has 6 heteroatoms. The Balaban J connectivity index is 1.92. The predicted molar refractivity (Wildman–Crippen MR) is 67.7 cm³/mol. The first-order valence-electron chi connectivity index (χ1n) is 6.07. The number of piperazine rings is 1. The van der Waals surface area contributed by atoms with E-state index in [0.29, 0.717) is 19.6 Å². The van der Waals surface area contributed by atoms with Crippen LogP contribution >= 0.6 is 0 Å². The van der Waals surface area contributed by atoms with Crippen molar-refractivity contribution < 1.29 is 14.3 Å². The molecule has 6 nitrogen and oxygen atoms in total. The number of carbonyl (C=O) groups excluding carboxylic acids is 2. The molecule has 1 saturated heterocycles. The molecule has 1 aliphatic heterocycles. The van der Waals surface area contributed by atoms with Gasteiger partial charge in [0.1, 0.15) is 6.61 Å². The second-order valence-electron chi connectivity index (χ2n) is 4.17. The fourth-order valence-corrected chi connectivity index (χ4v) is 1.90. The van der Waals surface area contributed by atoms with Crippen molar-refractivity contribution in [2.45, 2.75) is 12.6 Å². The van der Waals surface area contributed by atoms with Crippen molar-refractivity contribution in [2.75, 3.05) is 19.6 Å². The lowest BCUT2D eigenvalue weighted by molar-refractivity contribution is -0.152. The molecule has 1 aromatic rings. The summed E-state index contributed by atoms with van der Waals surface area (Å²) in [4.78, 5) is 22.3. The van der Waals surface area contributed by atoms with Gasteiger partial charge in [0.15, 0.2) is 6.04 Å². The van der Waals surface area contributed by atoms with Crippen LogP contribution in [-0.2, 0) is 20.9 Å². The van der Waals surface area contributed by atoms with Crippen LogP contribution in [0, 0.1) is 0 Å². The molecule has 1 heterocycles. The Morgan fingerprint density at radius 1 is 1.47 bits per heavy atom. The average Bonchev–Trinajstić information content (AvgIpc) is 2.47. The summed E-state index contributed by atoms with van der Waals surface area (Å²) in [6.07, 6.45) is 1.46. The third-order valence-corrected chi connectivity index (χ3v) is 2.88. The Morgan fingerprint density at radius 2 is 2.26 bits per heavy atom. The maximum atomic E-state index is 12.0. The molecule has 0 spiro atoms. The third-order valence-electron chi connectivity index (χ3n) is 2.88. The Hall–Kier alpha value is -2.17. The van der Waals surface area contributed by atoms with E-state index in [4.69, 9.17) is 4.74 Å². The van der Waals surface area contributed by atoms with Gasteiger partial charge in [0.05, 0.1) is 6.54 Å². The van der Waals surface area contributed by atoms with Crippen molar-refractivity contribution in [1.29, 1.82) is 0 Å². The number of hydrogen-bond acceptors (Lipinski definition) is 6. The van der Waals surface area contributed by atoms with E-state index in [9.17, 15) is 9.59 Å². The topological polar surface area (TPSA) is 71.0 Å². The lowest BCUT2D eigenvalue weighted by atomic mass is 10.2. The average molecular weight is 261 g/mol. The van der Waals surface area contributed by atoms with E-state index in [1.807, 2.05) is 30.3 Å². The molecule has 1 unspecified atom stereocenters. The fourth-order valence-electron chi connectivity index (χ4n) is 1.90. The molecule has 1 aromatic carbocycles. The molecule has 0 aliphatic carbocycles. The molecule has 1 atom stereocenters. The molecule has 0 radical (unpaired) electrons. The minimum atomic E-state index is -0.570. The summed E-state index contributed by atoms with van der Waals surface area (Å²) >= 11 is 0. The summed E-state index contributed by atoms with van der Waals surface area (Å²) in [5.41, 5.74) is 0.921. The molecular weight excluding hydrogens is 246 g/mol. The smallest absolute Gasteiger partial charge is 0.332 e. The second-order valence-corrected chi connectivity index (χ2v) is 4.17. The van der Waals surface area contributed by atoms with Gasteiger partial charge < -0.3 is 10.1 Å². The minimum absolute atomic E-state index is 0.217. The highest BCUT2D eigenvalue weighted by Gasteiger charge is 2.29. The van der Waals surface area contributed by atoms with Gasteiger partial charge in [0.2, 0.25) is 0 Å². The van der Waals surface area contributed by atoms with E-state index in [0.717, 1.165) is 5.56 Å². The number of carbonyl (C=O) groups is 1. The van der Waals surface area contributed by atoms with Gasteiger partial charge in [-0.25, -0.2) is 9.59 Å². The summed E-state index contributed by atoms with van der Waals surface area (Å²) in [6, 6.07) is 8.86. The molecule has 0 bridgehead atoms. The lowest BCUT2D eigenvalue weighted by Gasteiger charge is -2.30. The van der Waals surface area contributed by atoms with Crippen LogP contribution in [0.5, 0.6) is 0 Å². The summed E-state index contributed by atoms with van der Waals surface area (Å²) in [5.74, 6) is -0.393. The molecule has 0 aromatic heterocycles. The van der Waals surface area contributed by atoms with Crippen LogP contribution in [-0.4, -0.2) is 42.7 Å². The van der Waals surface area contributed by atoms with E-state index < -0.39 is 12.0 Å². The maximum absolute atomic E-state index is 12.0. The van der Waals surface area contributed by atoms with Gasteiger partial charge in [-0.2, -0.15) is 0 Å². The van der Waals surface area contributed by atoms with Crippen LogP contribution in [0.1, 0.15) is 5.56 Å². The van der Waals surface area contributed by atoms with Crippen LogP contribution in [0.25, 0.3) is 0 Å². The van der Waals surface area contributed by atoms with Gasteiger partial charge in [-0.05, 0) is 5.56 Å². The number of rotatable bonds is 4. The first-order valence-corrected chi connectivity index (χ1v) is 6.07. The zero-order chi connectivity index (χ0) is 13.5. The zero-order valence-corrected chi connectivity index (χ0v) is 10.4. The van der Waals surface area contributed by atoms with E-state index in [1.165, 1.54) is 11.1 Å². The number of nitrogens with zero attached hydrogens (tertiary/aromatic N) is 2. The van der Waals surface area contributed by atoms with Gasteiger partial charge in [-0.1, -0.05) is 35.4 Å². The largest absolute Gasteiger partial charge is 0.459 e. The quantitative estimate of drug-likeness (QED) is 0.478. The van der Waals surface area contributed by atoms with Crippen LogP contribution in [0.15, 0.2) is 35.4 Å². The number of hydrazone groups is 1. The summed E-state index contributed by atoms with van der Waals surface area (Å²) in [5, 5.41) is 8.01. The van der Waals surface area contributed by atoms with Crippen LogP contribution in [0.2, 0.25) is 0 Å². The number of esters is 1. The van der Waals surface area contributed by atoms with Gasteiger partial charge >= 0.3 is 5.97 Å². The Bertz CT molecular complexity index is 471. The number of benzene rings is 1. The Labute approximate surface area is 111 Å². The van der Waals surface area contributed by atoms with E-state index in [1.54, 1.807) is 0 Å². The SMILES string of the molecule is O=C=NN1CCNCC1C(=O)OCc1ccccc1. The van der Waals surface area contributed by atoms with Crippen molar-refractivity contribution >= 4 is 12.0 Å². The van der Waals surface area contributed by atoms with E-state index >= 15 is 0 Å². The molecule has 1 aliphatic rings. The Morgan fingerprint density at radius 3 is 3.00 bits per heavy atom. The first kappa shape index (κ1) is 13.3.